The maximum Gasteiger partial charge on any atom is 0.209 e. The minimum absolute atomic E-state index is 0.255. The largest absolute Gasteiger partial charge is 0.351 e. The molecule has 79 valence electrons. The molecule has 3 nitrogen and oxygen atoms in total. The Morgan fingerprint density at radius 2 is 1.46 bits per heavy atom. The van der Waals surface area contributed by atoms with Crippen molar-refractivity contribution in [2.75, 3.05) is 14.1 Å². The maximum atomic E-state index is 9.81. The summed E-state index contributed by atoms with van der Waals surface area (Å²) in [6, 6.07) is 0. The van der Waals surface area contributed by atoms with E-state index in [1.807, 2.05) is 27.2 Å². The highest BCUT2D eigenvalue weighted by Crippen LogP contribution is 1.71. The molecule has 0 bridgehead atoms. The van der Waals surface area contributed by atoms with Crippen LogP contribution in [0.15, 0.2) is 0 Å². The molecule has 0 aromatic rings. The van der Waals surface area contributed by atoms with Gasteiger partial charge in [0.25, 0.3) is 0 Å². The first-order valence-electron chi connectivity index (χ1n) is 4.31. The molecular weight excluding hydrogens is 166 g/mol. The Kier molecular flexibility index (Phi) is 24.0. The van der Waals surface area contributed by atoms with E-state index in [1.165, 1.54) is 4.90 Å². The molecule has 0 rings (SSSR count). The highest BCUT2D eigenvalue weighted by atomic mass is 16.1. The summed E-state index contributed by atoms with van der Waals surface area (Å²) in [5.74, 6) is 0.255. The lowest BCUT2D eigenvalue weighted by Gasteiger charge is -1.93. The predicted molar refractivity (Wildman–Crippen MR) is 56.4 cm³/mol. The van der Waals surface area contributed by atoms with Crippen molar-refractivity contribution in [3.8, 4) is 0 Å². The second kappa shape index (κ2) is 17.3. The van der Waals surface area contributed by atoms with Crippen LogP contribution in [0.5, 0.6) is 0 Å². The summed E-state index contributed by atoms with van der Waals surface area (Å²) >= 11 is 0. The lowest BCUT2D eigenvalue weighted by molar-refractivity contribution is -0.117. The fourth-order valence-corrected chi connectivity index (χ4v) is 0. The van der Waals surface area contributed by atoms with Gasteiger partial charge in [0.15, 0.2) is 0 Å². The van der Waals surface area contributed by atoms with E-state index in [0.717, 1.165) is 6.41 Å². The molecule has 13 heavy (non-hydrogen) atoms. The van der Waals surface area contributed by atoms with E-state index in [2.05, 4.69) is 0 Å². The molecule has 0 unspecified atom stereocenters. The zero-order valence-electron chi connectivity index (χ0n) is 9.63. The zero-order valence-corrected chi connectivity index (χ0v) is 9.63. The van der Waals surface area contributed by atoms with Crippen molar-refractivity contribution in [2.45, 2.75) is 34.1 Å². The third-order valence-corrected chi connectivity index (χ3v) is 0.709. The minimum atomic E-state index is 0.255. The highest BCUT2D eigenvalue weighted by Gasteiger charge is 1.76. The molecular formula is C10H22NO2. The van der Waals surface area contributed by atoms with Crippen molar-refractivity contribution in [3.63, 3.8) is 0 Å². The van der Waals surface area contributed by atoms with Gasteiger partial charge in [-0.1, -0.05) is 20.8 Å². The molecule has 0 N–H and O–H groups in total. The smallest absolute Gasteiger partial charge is 0.209 e. The van der Waals surface area contributed by atoms with Crippen LogP contribution in [0.1, 0.15) is 34.1 Å². The number of rotatable bonds is 2. The molecule has 0 atom stereocenters. The summed E-state index contributed by atoms with van der Waals surface area (Å²) in [6.45, 7) is 7.43. The van der Waals surface area contributed by atoms with Gasteiger partial charge < -0.3 is 9.69 Å². The van der Waals surface area contributed by atoms with Gasteiger partial charge in [-0.15, -0.1) is 0 Å². The van der Waals surface area contributed by atoms with Crippen molar-refractivity contribution < 1.29 is 9.59 Å². The molecule has 0 fully saturated rings. The Hall–Kier alpha value is -0.860. The number of hydrogen-bond acceptors (Lipinski definition) is 2. The van der Waals surface area contributed by atoms with Gasteiger partial charge in [0.1, 0.15) is 5.78 Å². The number of carbonyl (C=O) groups is 2. The normalized spacial score (nSPS) is 6.92. The van der Waals surface area contributed by atoms with E-state index in [9.17, 15) is 9.59 Å². The molecule has 3 heteroatoms. The lowest BCUT2D eigenvalue weighted by Crippen LogP contribution is -2.06. The van der Waals surface area contributed by atoms with Crippen LogP contribution in [0.3, 0.4) is 0 Å². The van der Waals surface area contributed by atoms with E-state index >= 15 is 0 Å². The summed E-state index contributed by atoms with van der Waals surface area (Å²) in [6.07, 6.45) is 3.42. The Morgan fingerprint density at radius 1 is 1.31 bits per heavy atom. The highest BCUT2D eigenvalue weighted by molar-refractivity contribution is 5.74. The second-order valence-electron chi connectivity index (χ2n) is 2.70. The molecule has 0 aliphatic rings. The zero-order chi connectivity index (χ0) is 11.3. The summed E-state index contributed by atoms with van der Waals surface area (Å²) in [7, 11) is 3.38. The van der Waals surface area contributed by atoms with E-state index < -0.39 is 0 Å². The number of nitrogens with zero attached hydrogens (tertiary/aromatic N) is 1. The van der Waals surface area contributed by atoms with Crippen molar-refractivity contribution in [2.24, 2.45) is 0 Å². The summed E-state index contributed by atoms with van der Waals surface area (Å²) in [5, 5.41) is 0. The fraction of sp³-hybridized carbons (Fsp3) is 0.700. The quantitative estimate of drug-likeness (QED) is 0.621. The Bertz CT molecular complexity index is 111. The predicted octanol–water partition coefficient (Wildman–Crippen LogP) is 1.92. The molecule has 0 aliphatic carbocycles. The van der Waals surface area contributed by atoms with E-state index in [-0.39, 0.29) is 5.78 Å². The molecule has 0 saturated carbocycles. The number of amides is 1. The van der Waals surface area contributed by atoms with Gasteiger partial charge in [0.2, 0.25) is 6.41 Å². The monoisotopic (exact) mass is 188 g/mol. The fourth-order valence-electron chi connectivity index (χ4n) is 0. The van der Waals surface area contributed by atoms with Crippen LogP contribution in [0.2, 0.25) is 0 Å². The minimum Gasteiger partial charge on any atom is -0.351 e. The third-order valence-electron chi connectivity index (χ3n) is 0.709. The average molecular weight is 188 g/mol. The van der Waals surface area contributed by atoms with Crippen LogP contribution in [0, 0.1) is 6.42 Å². The molecule has 0 saturated heterocycles. The standard InChI is InChI=1S/C4H8O.C3H7NO.C3H7/c1-3-4(2)5;1-4(2)3-5;1-3-2/h3H2,1-2H3;3H,1-2H3;3H,1-2H3. The first-order chi connectivity index (χ1) is 5.95. The topological polar surface area (TPSA) is 37.4 Å². The number of ketones is 1. The van der Waals surface area contributed by atoms with E-state index in [1.54, 1.807) is 21.0 Å². The van der Waals surface area contributed by atoms with Gasteiger partial charge in [0, 0.05) is 20.5 Å². The number of hydrogen-bond donors (Lipinski definition) is 0. The Balaban J connectivity index is -0.000000120. The van der Waals surface area contributed by atoms with Crippen LogP contribution in [0.4, 0.5) is 0 Å². The van der Waals surface area contributed by atoms with Gasteiger partial charge in [-0.3, -0.25) is 4.79 Å². The van der Waals surface area contributed by atoms with E-state index in [0.29, 0.717) is 6.42 Å². The second-order valence-corrected chi connectivity index (χ2v) is 2.70. The van der Waals surface area contributed by atoms with Crippen LogP contribution >= 0.6 is 0 Å². The van der Waals surface area contributed by atoms with Gasteiger partial charge in [0.05, 0.1) is 0 Å². The van der Waals surface area contributed by atoms with Gasteiger partial charge in [-0.25, -0.2) is 0 Å². The first kappa shape index (κ1) is 18.0. The summed E-state index contributed by atoms with van der Waals surface area (Å²) < 4.78 is 0. The third kappa shape index (κ3) is 94.4. The average Bonchev–Trinajstić information content (AvgIpc) is 2.07. The molecule has 0 heterocycles. The van der Waals surface area contributed by atoms with Crippen molar-refractivity contribution in [1.29, 1.82) is 0 Å². The van der Waals surface area contributed by atoms with Crippen LogP contribution in [-0.2, 0) is 9.59 Å². The van der Waals surface area contributed by atoms with Crippen LogP contribution < -0.4 is 0 Å². The molecule has 0 aromatic carbocycles. The molecule has 1 radical (unpaired) electrons. The Labute approximate surface area is 82.1 Å². The maximum absolute atomic E-state index is 9.81. The number of carbonyl (C=O) groups excluding carboxylic acids is 2. The summed E-state index contributed by atoms with van der Waals surface area (Å²) in [4.78, 5) is 20.7. The van der Waals surface area contributed by atoms with Crippen molar-refractivity contribution in [3.05, 3.63) is 6.42 Å². The van der Waals surface area contributed by atoms with Gasteiger partial charge >= 0.3 is 0 Å². The number of Topliss-reactive ketones (excluding diaryl/α,β-unsaturated/α-hetero) is 1. The van der Waals surface area contributed by atoms with Gasteiger partial charge in [-0.05, 0) is 13.3 Å². The summed E-state index contributed by atoms with van der Waals surface area (Å²) in [5.41, 5.74) is 0. The van der Waals surface area contributed by atoms with Crippen molar-refractivity contribution >= 4 is 12.2 Å². The van der Waals surface area contributed by atoms with Crippen LogP contribution in [0.25, 0.3) is 0 Å². The lowest BCUT2D eigenvalue weighted by atomic mass is 10.4. The molecule has 0 aromatic heterocycles. The Morgan fingerprint density at radius 3 is 1.46 bits per heavy atom. The molecule has 0 aliphatic heterocycles. The SMILES string of the molecule is CCC(C)=O.CN(C)C=O.C[CH]C. The van der Waals surface area contributed by atoms with Crippen molar-refractivity contribution in [1.82, 2.24) is 4.90 Å². The molecule has 0 spiro atoms. The molecule has 1 amide bonds. The first-order valence-corrected chi connectivity index (χ1v) is 4.31. The van der Waals surface area contributed by atoms with E-state index in [4.69, 9.17) is 0 Å². The van der Waals surface area contributed by atoms with Crippen LogP contribution in [-0.4, -0.2) is 31.2 Å². The van der Waals surface area contributed by atoms with Gasteiger partial charge in [-0.2, -0.15) is 0 Å².